The molecule has 0 saturated heterocycles. The maximum Gasteiger partial charge on any atom is 0.161 e. The van der Waals surface area contributed by atoms with Gasteiger partial charge in [-0.15, -0.1) is 0 Å². The molecule has 1 unspecified atom stereocenters. The number of hydrogen-bond acceptors (Lipinski definition) is 3. The molecule has 0 aliphatic heterocycles. The molecule has 3 nitrogen and oxygen atoms in total. The fourth-order valence-electron chi connectivity index (χ4n) is 2.12. The van der Waals surface area contributed by atoms with Gasteiger partial charge in [0.2, 0.25) is 0 Å². The van der Waals surface area contributed by atoms with Gasteiger partial charge in [0.25, 0.3) is 0 Å². The molecule has 112 valence electrons. The molecule has 2 rings (SSSR count). The molecule has 0 aliphatic rings. The average molecular weight is 297 g/mol. The third-order valence-corrected chi connectivity index (χ3v) is 3.15. The third kappa shape index (κ3) is 2.80. The largest absolute Gasteiger partial charge is 0.496 e. The zero-order valence-electron chi connectivity index (χ0n) is 11.5. The number of benzene rings is 2. The number of hydrogen-bond donors (Lipinski definition) is 1. The van der Waals surface area contributed by atoms with E-state index in [0.29, 0.717) is 23.1 Å². The Morgan fingerprint density at radius 2 is 1.43 bits per heavy atom. The Bertz CT molecular complexity index is 639. The molecular formula is C15H14F3NO2. The smallest absolute Gasteiger partial charge is 0.161 e. The van der Waals surface area contributed by atoms with Crippen LogP contribution >= 0.6 is 0 Å². The van der Waals surface area contributed by atoms with E-state index in [1.165, 1.54) is 14.2 Å². The molecule has 2 aromatic rings. The van der Waals surface area contributed by atoms with Crippen LogP contribution in [0, 0.1) is 17.5 Å². The summed E-state index contributed by atoms with van der Waals surface area (Å²) in [4.78, 5) is 0. The van der Waals surface area contributed by atoms with Gasteiger partial charge in [-0.2, -0.15) is 0 Å². The Balaban J connectivity index is 2.59. The van der Waals surface area contributed by atoms with Crippen molar-refractivity contribution in [1.29, 1.82) is 0 Å². The zero-order valence-corrected chi connectivity index (χ0v) is 11.5. The van der Waals surface area contributed by atoms with Gasteiger partial charge in [0.1, 0.15) is 17.3 Å². The van der Waals surface area contributed by atoms with Crippen molar-refractivity contribution in [1.82, 2.24) is 0 Å². The molecule has 1 atom stereocenters. The molecule has 21 heavy (non-hydrogen) atoms. The van der Waals surface area contributed by atoms with Crippen LogP contribution in [-0.4, -0.2) is 14.2 Å². The maximum atomic E-state index is 13.9. The number of methoxy groups -OCH3 is 2. The van der Waals surface area contributed by atoms with Crippen LogP contribution in [0.5, 0.6) is 11.5 Å². The van der Waals surface area contributed by atoms with E-state index < -0.39 is 23.5 Å². The van der Waals surface area contributed by atoms with Gasteiger partial charge in [0.15, 0.2) is 11.6 Å². The molecule has 0 aromatic heterocycles. The minimum absolute atomic E-state index is 0.184. The molecule has 0 radical (unpaired) electrons. The summed E-state index contributed by atoms with van der Waals surface area (Å²) in [5.74, 6) is -2.64. The van der Waals surface area contributed by atoms with E-state index in [0.717, 1.165) is 6.07 Å². The summed E-state index contributed by atoms with van der Waals surface area (Å²) in [7, 11) is 2.85. The standard InChI is InChI=1S/C15H14F3NO2/c1-20-12-4-3-5-13(21-2)14(12)15(19)8-6-10(17)11(18)7-9(8)16/h3-7,15H,19H2,1-2H3. The highest BCUT2D eigenvalue weighted by atomic mass is 19.2. The normalized spacial score (nSPS) is 12.1. The quantitative estimate of drug-likeness (QED) is 0.882. The van der Waals surface area contributed by atoms with Crippen molar-refractivity contribution in [3.05, 3.63) is 58.9 Å². The van der Waals surface area contributed by atoms with Crippen LogP contribution in [0.4, 0.5) is 13.2 Å². The van der Waals surface area contributed by atoms with Crippen LogP contribution in [0.25, 0.3) is 0 Å². The van der Waals surface area contributed by atoms with Gasteiger partial charge in [-0.05, 0) is 18.2 Å². The highest BCUT2D eigenvalue weighted by Crippen LogP contribution is 2.37. The second-order valence-corrected chi connectivity index (χ2v) is 4.34. The molecule has 0 saturated carbocycles. The Hall–Kier alpha value is -2.21. The third-order valence-electron chi connectivity index (χ3n) is 3.15. The summed E-state index contributed by atoms with van der Waals surface area (Å²) in [6.45, 7) is 0. The molecule has 0 bridgehead atoms. The van der Waals surface area contributed by atoms with Gasteiger partial charge < -0.3 is 15.2 Å². The van der Waals surface area contributed by atoms with Gasteiger partial charge >= 0.3 is 0 Å². The molecule has 2 N–H and O–H groups in total. The molecule has 0 spiro atoms. The first kappa shape index (κ1) is 15.2. The summed E-state index contributed by atoms with van der Waals surface area (Å²) >= 11 is 0. The lowest BCUT2D eigenvalue weighted by Crippen LogP contribution is -2.16. The minimum Gasteiger partial charge on any atom is -0.496 e. The van der Waals surface area contributed by atoms with Crippen LogP contribution in [0.15, 0.2) is 30.3 Å². The van der Waals surface area contributed by atoms with Gasteiger partial charge in [-0.1, -0.05) is 6.07 Å². The van der Waals surface area contributed by atoms with Crippen LogP contribution in [0.1, 0.15) is 17.2 Å². The van der Waals surface area contributed by atoms with Crippen LogP contribution in [0.2, 0.25) is 0 Å². The Morgan fingerprint density at radius 3 is 1.95 bits per heavy atom. The maximum absolute atomic E-state index is 13.9. The highest BCUT2D eigenvalue weighted by Gasteiger charge is 2.23. The molecule has 0 heterocycles. The van der Waals surface area contributed by atoms with Crippen LogP contribution < -0.4 is 15.2 Å². The Labute approximate surface area is 120 Å². The monoisotopic (exact) mass is 297 g/mol. The fraction of sp³-hybridized carbons (Fsp3) is 0.200. The predicted octanol–water partition coefficient (Wildman–Crippen LogP) is 3.17. The number of halogens is 3. The average Bonchev–Trinajstić information content (AvgIpc) is 2.49. The topological polar surface area (TPSA) is 44.5 Å². The van der Waals surface area contributed by atoms with E-state index in [1.807, 2.05) is 0 Å². The van der Waals surface area contributed by atoms with E-state index >= 15 is 0 Å². The first-order valence-electron chi connectivity index (χ1n) is 6.10. The van der Waals surface area contributed by atoms with E-state index in [2.05, 4.69) is 0 Å². The summed E-state index contributed by atoms with van der Waals surface area (Å²) in [6.07, 6.45) is 0. The van der Waals surface area contributed by atoms with E-state index in [-0.39, 0.29) is 5.56 Å². The number of ether oxygens (including phenoxy) is 2. The molecule has 0 amide bonds. The summed E-state index contributed by atoms with van der Waals surface area (Å²) < 4.78 is 50.6. The molecule has 6 heteroatoms. The molecular weight excluding hydrogens is 283 g/mol. The van der Waals surface area contributed by atoms with Crippen LogP contribution in [0.3, 0.4) is 0 Å². The van der Waals surface area contributed by atoms with E-state index in [9.17, 15) is 13.2 Å². The molecule has 0 aliphatic carbocycles. The Kier molecular flexibility index (Phi) is 4.37. The van der Waals surface area contributed by atoms with Crippen molar-refractivity contribution < 1.29 is 22.6 Å². The van der Waals surface area contributed by atoms with Crippen molar-refractivity contribution in [2.45, 2.75) is 6.04 Å². The van der Waals surface area contributed by atoms with E-state index in [1.54, 1.807) is 18.2 Å². The molecule has 0 fully saturated rings. The minimum atomic E-state index is -1.27. The SMILES string of the molecule is COc1cccc(OC)c1C(N)c1cc(F)c(F)cc1F. The second-order valence-electron chi connectivity index (χ2n) is 4.34. The lowest BCUT2D eigenvalue weighted by atomic mass is 9.97. The van der Waals surface area contributed by atoms with Crippen molar-refractivity contribution >= 4 is 0 Å². The Morgan fingerprint density at radius 1 is 0.905 bits per heavy atom. The van der Waals surface area contributed by atoms with Gasteiger partial charge in [0, 0.05) is 11.6 Å². The zero-order chi connectivity index (χ0) is 15.6. The summed E-state index contributed by atoms with van der Waals surface area (Å²) in [6, 6.07) is 5.06. The van der Waals surface area contributed by atoms with Gasteiger partial charge in [0.05, 0.1) is 25.8 Å². The fourth-order valence-corrected chi connectivity index (χ4v) is 2.12. The van der Waals surface area contributed by atoms with E-state index in [4.69, 9.17) is 15.2 Å². The van der Waals surface area contributed by atoms with Crippen molar-refractivity contribution in [3.63, 3.8) is 0 Å². The first-order chi connectivity index (χ1) is 9.99. The highest BCUT2D eigenvalue weighted by molar-refractivity contribution is 5.50. The predicted molar refractivity (Wildman–Crippen MR) is 71.9 cm³/mol. The van der Waals surface area contributed by atoms with Gasteiger partial charge in [-0.3, -0.25) is 0 Å². The first-order valence-corrected chi connectivity index (χ1v) is 6.10. The van der Waals surface area contributed by atoms with Gasteiger partial charge in [-0.25, -0.2) is 13.2 Å². The van der Waals surface area contributed by atoms with Crippen molar-refractivity contribution in [2.75, 3.05) is 14.2 Å². The summed E-state index contributed by atoms with van der Waals surface area (Å²) in [5.41, 5.74) is 6.17. The van der Waals surface area contributed by atoms with Crippen LogP contribution in [-0.2, 0) is 0 Å². The van der Waals surface area contributed by atoms with Crippen molar-refractivity contribution in [3.8, 4) is 11.5 Å². The number of rotatable bonds is 4. The number of nitrogens with two attached hydrogens (primary N) is 1. The molecule has 2 aromatic carbocycles. The van der Waals surface area contributed by atoms with Crippen molar-refractivity contribution in [2.24, 2.45) is 5.73 Å². The second kappa shape index (κ2) is 6.05. The summed E-state index contributed by atoms with van der Waals surface area (Å²) in [5, 5.41) is 0. The lowest BCUT2D eigenvalue weighted by molar-refractivity contribution is 0.381. The lowest BCUT2D eigenvalue weighted by Gasteiger charge is -2.19.